The van der Waals surface area contributed by atoms with Gasteiger partial charge in [-0.3, -0.25) is 0 Å². The van der Waals surface area contributed by atoms with Crippen LogP contribution >= 0.6 is 23.2 Å². The van der Waals surface area contributed by atoms with Gasteiger partial charge >= 0.3 is 0 Å². The van der Waals surface area contributed by atoms with E-state index in [1.807, 2.05) is 59.2 Å². The van der Waals surface area contributed by atoms with Gasteiger partial charge in [0.05, 0.1) is 6.20 Å². The van der Waals surface area contributed by atoms with E-state index < -0.39 is 0 Å². The van der Waals surface area contributed by atoms with Crippen LogP contribution in [0.3, 0.4) is 0 Å². The first-order valence-electron chi connectivity index (χ1n) is 10.4. The first kappa shape index (κ1) is 19.5. The third-order valence-electron chi connectivity index (χ3n) is 5.99. The van der Waals surface area contributed by atoms with Gasteiger partial charge in [-0.05, 0) is 29.7 Å². The maximum atomic E-state index is 6.61. The Labute approximate surface area is 185 Å². The average molecular weight is 437 g/mol. The molecule has 2 aromatic heterocycles. The summed E-state index contributed by atoms with van der Waals surface area (Å²) in [6.45, 7) is 0. The van der Waals surface area contributed by atoms with Crippen LogP contribution < -0.4 is 0 Å². The van der Waals surface area contributed by atoms with Gasteiger partial charge in [0.15, 0.2) is 11.5 Å². The van der Waals surface area contributed by atoms with Crippen LogP contribution in [0.4, 0.5) is 0 Å². The minimum atomic E-state index is 0.660. The predicted octanol–water partition coefficient (Wildman–Crippen LogP) is 6.89. The van der Waals surface area contributed by atoms with E-state index in [0.29, 0.717) is 16.0 Å². The fraction of sp³-hybridized carbons (Fsp3) is 0.292. The van der Waals surface area contributed by atoms with Gasteiger partial charge in [-0.25, -0.2) is 0 Å². The second-order valence-electron chi connectivity index (χ2n) is 7.98. The molecule has 1 saturated carbocycles. The van der Waals surface area contributed by atoms with Crippen molar-refractivity contribution in [1.82, 2.24) is 19.8 Å². The van der Waals surface area contributed by atoms with Gasteiger partial charge in [-0.1, -0.05) is 85.6 Å². The van der Waals surface area contributed by atoms with E-state index in [-0.39, 0.29) is 0 Å². The van der Waals surface area contributed by atoms with Gasteiger partial charge in [0.1, 0.15) is 0 Å². The lowest BCUT2D eigenvalue weighted by Gasteiger charge is -2.20. The molecule has 0 amide bonds. The predicted molar refractivity (Wildman–Crippen MR) is 122 cm³/mol. The summed E-state index contributed by atoms with van der Waals surface area (Å²) in [5.74, 6) is 1.58. The van der Waals surface area contributed by atoms with Gasteiger partial charge in [-0.2, -0.15) is 9.61 Å². The second kappa shape index (κ2) is 8.37. The molecule has 0 atom stereocenters. The summed E-state index contributed by atoms with van der Waals surface area (Å²) in [7, 11) is 0. The van der Waals surface area contributed by atoms with E-state index >= 15 is 0 Å². The van der Waals surface area contributed by atoms with E-state index in [4.69, 9.17) is 28.3 Å². The SMILES string of the molecule is Clc1ccc(-c2cnn3c(CC4CCCCC4)nnc3c2-c2ccccc2Cl)cc1. The topological polar surface area (TPSA) is 43.1 Å². The molecule has 4 nitrogen and oxygen atoms in total. The van der Waals surface area contributed by atoms with Crippen LogP contribution in [0.25, 0.3) is 27.9 Å². The van der Waals surface area contributed by atoms with Crippen molar-refractivity contribution in [3.63, 3.8) is 0 Å². The van der Waals surface area contributed by atoms with Crippen LogP contribution in [0.2, 0.25) is 10.0 Å². The monoisotopic (exact) mass is 436 g/mol. The number of hydrogen-bond donors (Lipinski definition) is 0. The summed E-state index contributed by atoms with van der Waals surface area (Å²) >= 11 is 12.7. The summed E-state index contributed by atoms with van der Waals surface area (Å²) in [6.07, 6.45) is 9.28. The van der Waals surface area contributed by atoms with Gasteiger partial charge in [0, 0.05) is 33.2 Å². The van der Waals surface area contributed by atoms with Crippen molar-refractivity contribution < 1.29 is 0 Å². The Bertz CT molecular complexity index is 1180. The molecular formula is C24H22Cl2N4. The third-order valence-corrected chi connectivity index (χ3v) is 6.58. The maximum absolute atomic E-state index is 6.61. The molecule has 30 heavy (non-hydrogen) atoms. The normalized spacial score (nSPS) is 15.0. The standard InChI is InChI=1S/C24H22Cl2N4/c25-18-12-10-17(11-13-18)20-15-27-30-22(14-16-6-2-1-3-7-16)28-29-24(30)23(20)19-8-4-5-9-21(19)26/h4-5,8-13,15-16H,1-3,6-7,14H2. The summed E-state index contributed by atoms with van der Waals surface area (Å²) in [6, 6.07) is 15.6. The van der Waals surface area contributed by atoms with Crippen LogP contribution in [0.5, 0.6) is 0 Å². The Hall–Kier alpha value is -2.43. The molecule has 0 saturated heterocycles. The summed E-state index contributed by atoms with van der Waals surface area (Å²) in [4.78, 5) is 0. The zero-order valence-corrected chi connectivity index (χ0v) is 18.1. The smallest absolute Gasteiger partial charge is 0.186 e. The van der Waals surface area contributed by atoms with Crippen LogP contribution in [0.15, 0.2) is 54.7 Å². The number of benzene rings is 2. The van der Waals surface area contributed by atoms with Crippen molar-refractivity contribution >= 4 is 28.8 Å². The molecule has 0 bridgehead atoms. The molecule has 0 N–H and O–H groups in total. The molecule has 1 aliphatic carbocycles. The Morgan fingerprint density at radius 1 is 0.867 bits per heavy atom. The lowest BCUT2D eigenvalue weighted by Crippen LogP contribution is -2.12. The van der Waals surface area contributed by atoms with Crippen LogP contribution in [0, 0.1) is 5.92 Å². The van der Waals surface area contributed by atoms with Gasteiger partial charge in [0.25, 0.3) is 0 Å². The number of aromatic nitrogens is 4. The summed E-state index contributed by atoms with van der Waals surface area (Å²) in [5.41, 5.74) is 4.58. The van der Waals surface area contributed by atoms with E-state index in [1.54, 1.807) is 0 Å². The number of rotatable bonds is 4. The summed E-state index contributed by atoms with van der Waals surface area (Å²) in [5, 5.41) is 15.2. The Kier molecular flexibility index (Phi) is 5.45. The van der Waals surface area contributed by atoms with Crippen molar-refractivity contribution in [2.45, 2.75) is 38.5 Å². The lowest BCUT2D eigenvalue weighted by atomic mass is 9.87. The molecule has 0 radical (unpaired) electrons. The van der Waals surface area contributed by atoms with E-state index in [0.717, 1.165) is 40.1 Å². The fourth-order valence-electron chi connectivity index (χ4n) is 4.44. The van der Waals surface area contributed by atoms with E-state index in [1.165, 1.54) is 32.1 Å². The molecule has 0 spiro atoms. The minimum Gasteiger partial charge on any atom is -0.197 e. The first-order valence-corrected chi connectivity index (χ1v) is 11.2. The molecule has 2 aromatic carbocycles. The van der Waals surface area contributed by atoms with Gasteiger partial charge < -0.3 is 0 Å². The minimum absolute atomic E-state index is 0.660. The molecule has 1 aliphatic rings. The molecule has 1 fully saturated rings. The highest BCUT2D eigenvalue weighted by Crippen LogP contribution is 2.38. The largest absolute Gasteiger partial charge is 0.197 e. The van der Waals surface area contributed by atoms with Crippen molar-refractivity contribution in [3.05, 3.63) is 70.6 Å². The number of nitrogens with zero attached hydrogens (tertiary/aromatic N) is 4. The Morgan fingerprint density at radius 3 is 2.40 bits per heavy atom. The number of halogens is 2. The van der Waals surface area contributed by atoms with Crippen molar-refractivity contribution in [2.24, 2.45) is 5.92 Å². The van der Waals surface area contributed by atoms with E-state index in [9.17, 15) is 0 Å². The molecule has 5 rings (SSSR count). The fourth-order valence-corrected chi connectivity index (χ4v) is 4.80. The van der Waals surface area contributed by atoms with Gasteiger partial charge in [0.2, 0.25) is 0 Å². The second-order valence-corrected chi connectivity index (χ2v) is 8.82. The van der Waals surface area contributed by atoms with Crippen molar-refractivity contribution in [2.75, 3.05) is 0 Å². The lowest BCUT2D eigenvalue weighted by molar-refractivity contribution is 0.349. The quantitative estimate of drug-likeness (QED) is 0.349. The number of fused-ring (bicyclic) bond motifs is 1. The van der Waals surface area contributed by atoms with Gasteiger partial charge in [-0.15, -0.1) is 10.2 Å². The first-order chi connectivity index (χ1) is 14.7. The maximum Gasteiger partial charge on any atom is 0.186 e. The third kappa shape index (κ3) is 3.70. The van der Waals surface area contributed by atoms with Crippen molar-refractivity contribution in [1.29, 1.82) is 0 Å². The van der Waals surface area contributed by atoms with Crippen LogP contribution in [0.1, 0.15) is 37.9 Å². The van der Waals surface area contributed by atoms with Crippen molar-refractivity contribution in [3.8, 4) is 22.3 Å². The van der Waals surface area contributed by atoms with E-state index in [2.05, 4.69) is 10.2 Å². The molecule has 0 unspecified atom stereocenters. The number of hydrogen-bond acceptors (Lipinski definition) is 3. The molecule has 6 heteroatoms. The van der Waals surface area contributed by atoms with Crippen LogP contribution in [-0.2, 0) is 6.42 Å². The molecule has 152 valence electrons. The summed E-state index contributed by atoms with van der Waals surface area (Å²) < 4.78 is 1.90. The molecular weight excluding hydrogens is 415 g/mol. The Morgan fingerprint density at radius 2 is 1.63 bits per heavy atom. The highest BCUT2D eigenvalue weighted by atomic mass is 35.5. The average Bonchev–Trinajstić information content (AvgIpc) is 3.18. The molecule has 2 heterocycles. The highest BCUT2D eigenvalue weighted by Gasteiger charge is 2.22. The zero-order chi connectivity index (χ0) is 20.5. The molecule has 4 aromatic rings. The Balaban J connectivity index is 1.68. The molecule has 0 aliphatic heterocycles. The zero-order valence-electron chi connectivity index (χ0n) is 16.6. The van der Waals surface area contributed by atoms with Crippen LogP contribution in [-0.4, -0.2) is 19.8 Å². The highest BCUT2D eigenvalue weighted by molar-refractivity contribution is 6.33.